The van der Waals surface area contributed by atoms with Crippen molar-refractivity contribution in [3.8, 4) is 0 Å². The summed E-state index contributed by atoms with van der Waals surface area (Å²) in [5.41, 5.74) is 1.48. The van der Waals surface area contributed by atoms with Gasteiger partial charge in [-0.3, -0.25) is 0 Å². The van der Waals surface area contributed by atoms with Crippen LogP contribution in [0.25, 0.3) is 0 Å². The lowest BCUT2D eigenvalue weighted by molar-refractivity contribution is 0.0982. The zero-order valence-corrected chi connectivity index (χ0v) is 11.9. The predicted molar refractivity (Wildman–Crippen MR) is 74.5 cm³/mol. The molecular weight excluding hydrogens is 224 g/mol. The number of nitrogens with one attached hydrogen (secondary N) is 2. The van der Waals surface area contributed by atoms with Gasteiger partial charge in [-0.2, -0.15) is 0 Å². The molecule has 0 radical (unpaired) electrons. The largest absolute Gasteiger partial charge is 0.345 e. The second-order valence-electron chi connectivity index (χ2n) is 5.80. The SMILES string of the molecule is Cc1cnc(CNCC2(N(C)C)CCCCC2)[nH]1. The fourth-order valence-corrected chi connectivity index (χ4v) is 2.96. The van der Waals surface area contributed by atoms with Gasteiger partial charge >= 0.3 is 0 Å². The third-order valence-corrected chi connectivity index (χ3v) is 4.23. The van der Waals surface area contributed by atoms with Crippen molar-refractivity contribution >= 4 is 0 Å². The molecule has 0 atom stereocenters. The topological polar surface area (TPSA) is 44.0 Å². The molecule has 4 heteroatoms. The molecule has 1 heterocycles. The molecule has 0 aliphatic heterocycles. The number of H-pyrrole nitrogens is 1. The zero-order chi connectivity index (χ0) is 13.0. The van der Waals surface area contributed by atoms with Crippen LogP contribution < -0.4 is 5.32 Å². The van der Waals surface area contributed by atoms with Gasteiger partial charge in [-0.25, -0.2) is 4.98 Å². The fourth-order valence-electron chi connectivity index (χ4n) is 2.96. The quantitative estimate of drug-likeness (QED) is 0.841. The van der Waals surface area contributed by atoms with E-state index in [0.29, 0.717) is 5.54 Å². The predicted octanol–water partition coefficient (Wildman–Crippen LogP) is 2.07. The Bertz CT molecular complexity index is 364. The molecule has 0 aromatic carbocycles. The van der Waals surface area contributed by atoms with Crippen LogP contribution in [0.1, 0.15) is 43.6 Å². The maximum Gasteiger partial charge on any atom is 0.120 e. The van der Waals surface area contributed by atoms with Crippen molar-refractivity contribution in [3.05, 3.63) is 17.7 Å². The lowest BCUT2D eigenvalue weighted by atomic mass is 9.80. The van der Waals surface area contributed by atoms with E-state index in [1.54, 1.807) is 0 Å². The highest BCUT2D eigenvalue weighted by molar-refractivity contribution is 4.99. The molecule has 0 saturated heterocycles. The number of likely N-dealkylation sites (N-methyl/N-ethyl adjacent to an activating group) is 1. The summed E-state index contributed by atoms with van der Waals surface area (Å²) >= 11 is 0. The minimum atomic E-state index is 0.347. The maximum atomic E-state index is 4.33. The molecule has 1 aliphatic rings. The van der Waals surface area contributed by atoms with E-state index >= 15 is 0 Å². The van der Waals surface area contributed by atoms with Crippen LogP contribution in [0.3, 0.4) is 0 Å². The summed E-state index contributed by atoms with van der Waals surface area (Å²) in [5, 5.41) is 3.57. The number of imidazole rings is 1. The molecule has 4 nitrogen and oxygen atoms in total. The van der Waals surface area contributed by atoms with Gasteiger partial charge in [-0.15, -0.1) is 0 Å². The molecule has 2 N–H and O–H groups in total. The number of aromatic nitrogens is 2. The van der Waals surface area contributed by atoms with Gasteiger partial charge in [0.1, 0.15) is 5.82 Å². The van der Waals surface area contributed by atoms with E-state index in [1.165, 1.54) is 32.1 Å². The summed E-state index contributed by atoms with van der Waals surface area (Å²) in [7, 11) is 4.42. The molecule has 1 fully saturated rings. The summed E-state index contributed by atoms with van der Waals surface area (Å²) in [5.74, 6) is 1.04. The third kappa shape index (κ3) is 3.12. The van der Waals surface area contributed by atoms with Gasteiger partial charge in [0.25, 0.3) is 0 Å². The maximum absolute atomic E-state index is 4.33. The Morgan fingerprint density at radius 3 is 2.61 bits per heavy atom. The average Bonchev–Trinajstić information content (AvgIpc) is 2.76. The van der Waals surface area contributed by atoms with E-state index in [1.807, 2.05) is 13.1 Å². The molecule has 1 saturated carbocycles. The van der Waals surface area contributed by atoms with Crippen molar-refractivity contribution in [2.24, 2.45) is 0 Å². The molecule has 18 heavy (non-hydrogen) atoms. The number of nitrogens with zero attached hydrogens (tertiary/aromatic N) is 2. The van der Waals surface area contributed by atoms with E-state index in [4.69, 9.17) is 0 Å². The third-order valence-electron chi connectivity index (χ3n) is 4.23. The Morgan fingerprint density at radius 1 is 1.33 bits per heavy atom. The van der Waals surface area contributed by atoms with Crippen molar-refractivity contribution < 1.29 is 0 Å². The number of hydrogen-bond acceptors (Lipinski definition) is 3. The molecule has 0 amide bonds. The first-order valence-corrected chi connectivity index (χ1v) is 7.01. The van der Waals surface area contributed by atoms with E-state index in [9.17, 15) is 0 Å². The van der Waals surface area contributed by atoms with Gasteiger partial charge in [0.05, 0.1) is 6.54 Å². The number of aryl methyl sites for hydroxylation is 1. The van der Waals surface area contributed by atoms with Crippen molar-refractivity contribution in [1.29, 1.82) is 0 Å². The normalized spacial score (nSPS) is 19.3. The van der Waals surface area contributed by atoms with Crippen LogP contribution in [-0.2, 0) is 6.54 Å². The standard InChI is InChI=1S/C14H26N4/c1-12-9-16-13(17-12)10-15-11-14(18(2)3)7-5-4-6-8-14/h9,15H,4-8,10-11H2,1-3H3,(H,16,17). The minimum Gasteiger partial charge on any atom is -0.345 e. The molecule has 1 aromatic rings. The van der Waals surface area contributed by atoms with Crippen LogP contribution in [0.2, 0.25) is 0 Å². The Morgan fingerprint density at radius 2 is 2.06 bits per heavy atom. The molecule has 102 valence electrons. The Hall–Kier alpha value is -0.870. The summed E-state index contributed by atoms with van der Waals surface area (Å²) in [4.78, 5) is 10.0. The summed E-state index contributed by atoms with van der Waals surface area (Å²) < 4.78 is 0. The van der Waals surface area contributed by atoms with Crippen LogP contribution in [0.15, 0.2) is 6.20 Å². The monoisotopic (exact) mass is 250 g/mol. The first kappa shape index (κ1) is 13.6. The van der Waals surface area contributed by atoms with Crippen LogP contribution in [-0.4, -0.2) is 41.0 Å². The van der Waals surface area contributed by atoms with E-state index in [2.05, 4.69) is 34.3 Å². The van der Waals surface area contributed by atoms with Crippen molar-refractivity contribution in [3.63, 3.8) is 0 Å². The Balaban J connectivity index is 1.86. The summed E-state index contributed by atoms with van der Waals surface area (Å²) in [6, 6.07) is 0. The van der Waals surface area contributed by atoms with Gasteiger partial charge < -0.3 is 15.2 Å². The fraction of sp³-hybridized carbons (Fsp3) is 0.786. The molecular formula is C14H26N4. The lowest BCUT2D eigenvalue weighted by Crippen LogP contribution is -2.52. The molecule has 1 aliphatic carbocycles. The van der Waals surface area contributed by atoms with E-state index in [0.717, 1.165) is 24.6 Å². The van der Waals surface area contributed by atoms with Gasteiger partial charge in [0.15, 0.2) is 0 Å². The molecule has 0 spiro atoms. The smallest absolute Gasteiger partial charge is 0.120 e. The second kappa shape index (κ2) is 5.85. The number of aromatic amines is 1. The minimum absolute atomic E-state index is 0.347. The summed E-state index contributed by atoms with van der Waals surface area (Å²) in [6.45, 7) is 3.93. The Kier molecular flexibility index (Phi) is 4.40. The van der Waals surface area contributed by atoms with Gasteiger partial charge in [-0.1, -0.05) is 19.3 Å². The van der Waals surface area contributed by atoms with Gasteiger partial charge in [0.2, 0.25) is 0 Å². The zero-order valence-electron chi connectivity index (χ0n) is 11.9. The van der Waals surface area contributed by atoms with Crippen LogP contribution in [0, 0.1) is 6.92 Å². The number of rotatable bonds is 5. The highest BCUT2D eigenvalue weighted by Gasteiger charge is 2.33. The van der Waals surface area contributed by atoms with Crippen LogP contribution in [0.4, 0.5) is 0 Å². The van der Waals surface area contributed by atoms with Gasteiger partial charge in [-0.05, 0) is 33.9 Å². The first-order valence-electron chi connectivity index (χ1n) is 7.01. The first-order chi connectivity index (χ1) is 8.62. The van der Waals surface area contributed by atoms with Crippen molar-refractivity contribution in [2.75, 3.05) is 20.6 Å². The average molecular weight is 250 g/mol. The van der Waals surface area contributed by atoms with Crippen LogP contribution >= 0.6 is 0 Å². The Labute approximate surface area is 110 Å². The summed E-state index contributed by atoms with van der Waals surface area (Å²) in [6.07, 6.45) is 8.63. The highest BCUT2D eigenvalue weighted by Crippen LogP contribution is 2.31. The molecule has 2 rings (SSSR count). The molecule has 0 bridgehead atoms. The highest BCUT2D eigenvalue weighted by atomic mass is 15.2. The van der Waals surface area contributed by atoms with E-state index < -0.39 is 0 Å². The van der Waals surface area contributed by atoms with Gasteiger partial charge in [0, 0.05) is 24.0 Å². The van der Waals surface area contributed by atoms with E-state index in [-0.39, 0.29) is 0 Å². The number of hydrogen-bond donors (Lipinski definition) is 2. The van der Waals surface area contributed by atoms with Crippen LogP contribution in [0.5, 0.6) is 0 Å². The molecule has 0 unspecified atom stereocenters. The lowest BCUT2D eigenvalue weighted by Gasteiger charge is -2.43. The molecule has 1 aromatic heterocycles. The second-order valence-corrected chi connectivity index (χ2v) is 5.80. The van der Waals surface area contributed by atoms with Crippen molar-refractivity contribution in [2.45, 2.75) is 51.1 Å². The van der Waals surface area contributed by atoms with Crippen molar-refractivity contribution in [1.82, 2.24) is 20.2 Å².